The van der Waals surface area contributed by atoms with Gasteiger partial charge in [0.1, 0.15) is 5.75 Å². The Morgan fingerprint density at radius 1 is 1.12 bits per heavy atom. The van der Waals surface area contributed by atoms with Gasteiger partial charge in [0, 0.05) is 11.8 Å². The zero-order chi connectivity index (χ0) is 19.0. The first-order valence-corrected chi connectivity index (χ1v) is 9.78. The summed E-state index contributed by atoms with van der Waals surface area (Å²) < 4.78 is 28.0. The van der Waals surface area contributed by atoms with Crippen LogP contribution in [0.25, 0.3) is 6.08 Å². The van der Waals surface area contributed by atoms with Crippen molar-refractivity contribution >= 4 is 27.7 Å². The van der Waals surface area contributed by atoms with Crippen molar-refractivity contribution in [3.8, 4) is 5.75 Å². The van der Waals surface area contributed by atoms with Crippen LogP contribution in [-0.2, 0) is 14.8 Å². The average molecular weight is 374 g/mol. The van der Waals surface area contributed by atoms with E-state index in [1.54, 1.807) is 6.08 Å². The molecule has 138 valence electrons. The summed E-state index contributed by atoms with van der Waals surface area (Å²) in [4.78, 5) is 11.9. The van der Waals surface area contributed by atoms with Crippen LogP contribution in [0.4, 0.5) is 5.69 Å². The smallest absolute Gasteiger partial charge is 0.248 e. The number of carbonyl (C=O) groups is 1. The first-order valence-electron chi connectivity index (χ1n) is 8.23. The van der Waals surface area contributed by atoms with Gasteiger partial charge in [-0.05, 0) is 54.5 Å². The van der Waals surface area contributed by atoms with E-state index >= 15 is 0 Å². The highest BCUT2D eigenvalue weighted by molar-refractivity contribution is 7.89. The van der Waals surface area contributed by atoms with E-state index in [0.717, 1.165) is 24.2 Å². The minimum Gasteiger partial charge on any atom is -0.494 e. The predicted molar refractivity (Wildman–Crippen MR) is 102 cm³/mol. The predicted octanol–water partition coefficient (Wildman–Crippen LogP) is 3.16. The van der Waals surface area contributed by atoms with Crippen LogP contribution >= 0.6 is 0 Å². The number of benzene rings is 2. The van der Waals surface area contributed by atoms with Crippen molar-refractivity contribution in [2.45, 2.75) is 24.7 Å². The number of nitrogens with two attached hydrogens (primary N) is 1. The van der Waals surface area contributed by atoms with E-state index in [1.165, 1.54) is 30.3 Å². The van der Waals surface area contributed by atoms with E-state index in [9.17, 15) is 13.2 Å². The fourth-order valence-electron chi connectivity index (χ4n) is 2.09. The average Bonchev–Trinajstić information content (AvgIpc) is 2.61. The number of anilines is 1. The highest BCUT2D eigenvalue weighted by Gasteiger charge is 2.07. The van der Waals surface area contributed by atoms with Crippen molar-refractivity contribution < 1.29 is 17.9 Å². The molecule has 0 atom stereocenters. The topological polar surface area (TPSA) is 98.5 Å². The lowest BCUT2D eigenvalue weighted by molar-refractivity contribution is -0.111. The normalized spacial score (nSPS) is 11.5. The molecule has 1 amide bonds. The summed E-state index contributed by atoms with van der Waals surface area (Å²) in [6, 6.07) is 13.1. The largest absolute Gasteiger partial charge is 0.494 e. The lowest BCUT2D eigenvalue weighted by Gasteiger charge is -2.05. The van der Waals surface area contributed by atoms with Gasteiger partial charge in [-0.2, -0.15) is 0 Å². The van der Waals surface area contributed by atoms with Gasteiger partial charge >= 0.3 is 0 Å². The van der Waals surface area contributed by atoms with Crippen molar-refractivity contribution in [2.75, 3.05) is 11.9 Å². The van der Waals surface area contributed by atoms with Crippen LogP contribution in [0.2, 0.25) is 0 Å². The van der Waals surface area contributed by atoms with Crippen LogP contribution in [0.3, 0.4) is 0 Å². The third-order valence-corrected chi connectivity index (χ3v) is 4.45. The Kier molecular flexibility index (Phi) is 6.94. The maximum Gasteiger partial charge on any atom is 0.248 e. The number of primary sulfonamides is 1. The van der Waals surface area contributed by atoms with Gasteiger partial charge in [0.15, 0.2) is 0 Å². The van der Waals surface area contributed by atoms with Crippen molar-refractivity contribution in [1.82, 2.24) is 0 Å². The molecule has 0 radical (unpaired) electrons. The van der Waals surface area contributed by atoms with E-state index in [-0.39, 0.29) is 10.8 Å². The second-order valence-electron chi connectivity index (χ2n) is 5.66. The number of sulfonamides is 1. The molecule has 26 heavy (non-hydrogen) atoms. The molecule has 0 saturated carbocycles. The number of nitrogens with one attached hydrogen (secondary N) is 1. The fourth-order valence-corrected chi connectivity index (χ4v) is 2.61. The molecule has 6 nitrogen and oxygen atoms in total. The van der Waals surface area contributed by atoms with E-state index in [0.29, 0.717) is 12.3 Å². The summed E-state index contributed by atoms with van der Waals surface area (Å²) in [6.07, 6.45) is 5.19. The molecule has 0 unspecified atom stereocenters. The first kappa shape index (κ1) is 19.7. The Morgan fingerprint density at radius 3 is 2.35 bits per heavy atom. The summed E-state index contributed by atoms with van der Waals surface area (Å²) in [5.41, 5.74) is 1.35. The van der Waals surface area contributed by atoms with Gasteiger partial charge in [-0.3, -0.25) is 4.79 Å². The highest BCUT2D eigenvalue weighted by atomic mass is 32.2. The van der Waals surface area contributed by atoms with Crippen molar-refractivity contribution in [3.05, 3.63) is 60.2 Å². The van der Waals surface area contributed by atoms with Gasteiger partial charge in [-0.15, -0.1) is 0 Å². The molecule has 0 fully saturated rings. The maximum absolute atomic E-state index is 11.9. The van der Waals surface area contributed by atoms with Crippen LogP contribution in [0, 0.1) is 0 Å². The Hall–Kier alpha value is -2.64. The molecular weight excluding hydrogens is 352 g/mol. The van der Waals surface area contributed by atoms with E-state index in [4.69, 9.17) is 9.88 Å². The number of carbonyl (C=O) groups excluding carboxylic acids is 1. The number of rotatable bonds is 8. The van der Waals surface area contributed by atoms with Gasteiger partial charge in [0.25, 0.3) is 0 Å². The molecule has 0 aromatic heterocycles. The zero-order valence-electron chi connectivity index (χ0n) is 14.5. The van der Waals surface area contributed by atoms with E-state index < -0.39 is 10.0 Å². The van der Waals surface area contributed by atoms with Crippen LogP contribution in [0.1, 0.15) is 25.3 Å². The Morgan fingerprint density at radius 2 is 1.77 bits per heavy atom. The molecule has 2 rings (SSSR count). The summed E-state index contributed by atoms with van der Waals surface area (Å²) in [5, 5.41) is 7.68. The van der Waals surface area contributed by atoms with Crippen molar-refractivity contribution in [1.29, 1.82) is 0 Å². The van der Waals surface area contributed by atoms with Gasteiger partial charge in [0.2, 0.25) is 15.9 Å². The second-order valence-corrected chi connectivity index (χ2v) is 7.22. The first-order chi connectivity index (χ1) is 12.4. The SMILES string of the molecule is CCCCOc1ccc(/C=C/C(=O)Nc2ccc(S(N)(=O)=O)cc2)cc1. The second kappa shape index (κ2) is 9.17. The minimum absolute atomic E-state index is 0.00714. The summed E-state index contributed by atoms with van der Waals surface area (Å²) >= 11 is 0. The summed E-state index contributed by atoms with van der Waals surface area (Å²) in [6.45, 7) is 2.80. The molecule has 0 bridgehead atoms. The molecule has 0 aliphatic rings. The van der Waals surface area contributed by atoms with E-state index in [2.05, 4.69) is 12.2 Å². The minimum atomic E-state index is -3.74. The lowest BCUT2D eigenvalue weighted by atomic mass is 10.2. The number of amides is 1. The van der Waals surface area contributed by atoms with Crippen LogP contribution in [0.15, 0.2) is 59.5 Å². The molecule has 7 heteroatoms. The van der Waals surface area contributed by atoms with Gasteiger partial charge in [-0.25, -0.2) is 13.6 Å². The van der Waals surface area contributed by atoms with Crippen molar-refractivity contribution in [3.63, 3.8) is 0 Å². The fraction of sp³-hybridized carbons (Fsp3) is 0.211. The van der Waals surface area contributed by atoms with Gasteiger partial charge in [0.05, 0.1) is 11.5 Å². The molecule has 0 aliphatic heterocycles. The Balaban J connectivity index is 1.90. The zero-order valence-corrected chi connectivity index (χ0v) is 15.3. The monoisotopic (exact) mass is 374 g/mol. The molecule has 0 spiro atoms. The molecule has 0 heterocycles. The molecule has 2 aromatic rings. The molecule has 2 aromatic carbocycles. The van der Waals surface area contributed by atoms with E-state index in [1.807, 2.05) is 24.3 Å². The number of hydrogen-bond donors (Lipinski definition) is 2. The van der Waals surface area contributed by atoms with Crippen LogP contribution < -0.4 is 15.2 Å². The highest BCUT2D eigenvalue weighted by Crippen LogP contribution is 2.15. The Labute approximate surface area is 153 Å². The molecule has 0 aliphatic carbocycles. The molecular formula is C19H22N2O4S. The standard InChI is InChI=1S/C19H22N2O4S/c1-2-3-14-25-17-9-4-15(5-10-17)6-13-19(22)21-16-7-11-18(12-8-16)26(20,23)24/h4-13H,2-3,14H2,1H3,(H,21,22)(H2,20,23,24)/b13-6+. The maximum atomic E-state index is 11.9. The summed E-state index contributed by atoms with van der Waals surface area (Å²) in [5.74, 6) is 0.478. The number of unbranched alkanes of at least 4 members (excludes halogenated alkanes) is 1. The number of ether oxygens (including phenoxy) is 1. The Bertz CT molecular complexity index is 857. The van der Waals surface area contributed by atoms with Crippen LogP contribution in [0.5, 0.6) is 5.75 Å². The lowest BCUT2D eigenvalue weighted by Crippen LogP contribution is -2.12. The number of hydrogen-bond acceptors (Lipinski definition) is 4. The van der Waals surface area contributed by atoms with Gasteiger partial charge in [-0.1, -0.05) is 25.5 Å². The molecule has 3 N–H and O–H groups in total. The van der Waals surface area contributed by atoms with Crippen molar-refractivity contribution in [2.24, 2.45) is 5.14 Å². The third kappa shape index (κ3) is 6.34. The molecule has 0 saturated heterocycles. The quantitative estimate of drug-likeness (QED) is 0.548. The van der Waals surface area contributed by atoms with Gasteiger partial charge < -0.3 is 10.1 Å². The van der Waals surface area contributed by atoms with Crippen LogP contribution in [-0.4, -0.2) is 20.9 Å². The third-order valence-electron chi connectivity index (χ3n) is 3.52. The summed E-state index contributed by atoms with van der Waals surface area (Å²) in [7, 11) is -3.74.